The fraction of sp³-hybridized carbons (Fsp3) is 0.500. The second kappa shape index (κ2) is 3.55. The van der Waals surface area contributed by atoms with Crippen molar-refractivity contribution in [3.63, 3.8) is 0 Å². The quantitative estimate of drug-likeness (QED) is 0.709. The van der Waals surface area contributed by atoms with Gasteiger partial charge < -0.3 is 15.2 Å². The van der Waals surface area contributed by atoms with Gasteiger partial charge >= 0.3 is 0 Å². The molecule has 1 aliphatic rings. The predicted octanol–water partition coefficient (Wildman–Crippen LogP) is 0.271. The Hall–Kier alpha value is -1.13. The van der Waals surface area contributed by atoms with E-state index in [9.17, 15) is 5.11 Å². The van der Waals surface area contributed by atoms with Gasteiger partial charge in [0.25, 0.3) is 0 Å². The normalized spacial score (nSPS) is 26.4. The van der Waals surface area contributed by atoms with Gasteiger partial charge in [-0.15, -0.1) is 0 Å². The van der Waals surface area contributed by atoms with Crippen molar-refractivity contribution in [1.29, 1.82) is 0 Å². The first-order chi connectivity index (χ1) is 6.74. The SMILES string of the molecule is COc1ccc(C2(O)CCNC2)nc1. The molecular weight excluding hydrogens is 180 g/mol. The van der Waals surface area contributed by atoms with Crippen LogP contribution >= 0.6 is 0 Å². The van der Waals surface area contributed by atoms with Gasteiger partial charge in [0.2, 0.25) is 0 Å². The molecule has 4 nitrogen and oxygen atoms in total. The molecular formula is C10H14N2O2. The Morgan fingerprint density at radius 3 is 2.93 bits per heavy atom. The molecule has 1 aromatic heterocycles. The number of pyridine rings is 1. The van der Waals surface area contributed by atoms with Crippen LogP contribution in [-0.2, 0) is 5.60 Å². The standard InChI is InChI=1S/C10H14N2O2/c1-14-8-2-3-9(12-6-8)10(13)4-5-11-7-10/h2-3,6,11,13H,4-5,7H2,1H3. The average molecular weight is 194 g/mol. The van der Waals surface area contributed by atoms with E-state index in [2.05, 4.69) is 10.3 Å². The van der Waals surface area contributed by atoms with Crippen LogP contribution in [0.5, 0.6) is 5.75 Å². The molecule has 0 saturated carbocycles. The van der Waals surface area contributed by atoms with Crippen LogP contribution in [0.3, 0.4) is 0 Å². The van der Waals surface area contributed by atoms with Crippen molar-refractivity contribution >= 4 is 0 Å². The molecule has 1 fully saturated rings. The van der Waals surface area contributed by atoms with E-state index in [0.717, 1.165) is 6.54 Å². The maximum atomic E-state index is 10.2. The van der Waals surface area contributed by atoms with Gasteiger partial charge in [0, 0.05) is 6.54 Å². The third-order valence-electron chi connectivity index (χ3n) is 2.58. The molecule has 1 unspecified atom stereocenters. The van der Waals surface area contributed by atoms with Crippen molar-refractivity contribution in [1.82, 2.24) is 10.3 Å². The monoisotopic (exact) mass is 194 g/mol. The molecule has 0 aromatic carbocycles. The summed E-state index contributed by atoms with van der Waals surface area (Å²) in [4.78, 5) is 4.19. The van der Waals surface area contributed by atoms with Gasteiger partial charge in [-0.3, -0.25) is 4.98 Å². The number of hydrogen-bond acceptors (Lipinski definition) is 4. The Kier molecular flexibility index (Phi) is 2.39. The fourth-order valence-electron chi connectivity index (χ4n) is 1.67. The van der Waals surface area contributed by atoms with E-state index in [1.807, 2.05) is 12.1 Å². The molecule has 1 saturated heterocycles. The van der Waals surface area contributed by atoms with E-state index < -0.39 is 5.60 Å². The minimum Gasteiger partial charge on any atom is -0.495 e. The number of methoxy groups -OCH3 is 1. The van der Waals surface area contributed by atoms with Gasteiger partial charge in [-0.25, -0.2) is 0 Å². The third-order valence-corrected chi connectivity index (χ3v) is 2.58. The van der Waals surface area contributed by atoms with Gasteiger partial charge in [0.05, 0.1) is 19.0 Å². The highest BCUT2D eigenvalue weighted by Crippen LogP contribution is 2.26. The molecule has 1 atom stereocenters. The molecule has 0 radical (unpaired) electrons. The Labute approximate surface area is 82.9 Å². The second-order valence-corrected chi connectivity index (χ2v) is 3.54. The lowest BCUT2D eigenvalue weighted by molar-refractivity contribution is 0.0541. The number of nitrogens with one attached hydrogen (secondary N) is 1. The van der Waals surface area contributed by atoms with Crippen LogP contribution in [0.15, 0.2) is 18.3 Å². The first-order valence-corrected chi connectivity index (χ1v) is 4.68. The lowest BCUT2D eigenvalue weighted by Crippen LogP contribution is -2.29. The largest absolute Gasteiger partial charge is 0.495 e. The number of hydrogen-bond donors (Lipinski definition) is 2. The summed E-state index contributed by atoms with van der Waals surface area (Å²) in [6, 6.07) is 3.63. The van der Waals surface area contributed by atoms with E-state index in [4.69, 9.17) is 4.74 Å². The molecule has 2 heterocycles. The molecule has 4 heteroatoms. The Bertz CT molecular complexity index is 304. The molecule has 0 amide bonds. The van der Waals surface area contributed by atoms with Crippen LogP contribution in [0.2, 0.25) is 0 Å². The number of nitrogens with zero attached hydrogens (tertiary/aromatic N) is 1. The van der Waals surface area contributed by atoms with Gasteiger partial charge in [-0.1, -0.05) is 0 Å². The Morgan fingerprint density at radius 1 is 1.57 bits per heavy atom. The molecule has 0 spiro atoms. The summed E-state index contributed by atoms with van der Waals surface area (Å²) >= 11 is 0. The molecule has 76 valence electrons. The Balaban J connectivity index is 2.23. The van der Waals surface area contributed by atoms with Crippen LogP contribution in [0, 0.1) is 0 Å². The first-order valence-electron chi connectivity index (χ1n) is 4.68. The second-order valence-electron chi connectivity index (χ2n) is 3.54. The van der Waals surface area contributed by atoms with Gasteiger partial charge in [0.1, 0.15) is 11.4 Å². The smallest absolute Gasteiger partial charge is 0.137 e. The van der Waals surface area contributed by atoms with Gasteiger partial charge in [-0.05, 0) is 25.1 Å². The van der Waals surface area contributed by atoms with E-state index >= 15 is 0 Å². The minimum absolute atomic E-state index is 0.576. The molecule has 0 bridgehead atoms. The molecule has 1 aromatic rings. The number of ether oxygens (including phenoxy) is 1. The zero-order chi connectivity index (χ0) is 10.0. The number of aliphatic hydroxyl groups is 1. The van der Waals surface area contributed by atoms with E-state index in [0.29, 0.717) is 24.4 Å². The highest BCUT2D eigenvalue weighted by molar-refractivity contribution is 5.24. The fourth-order valence-corrected chi connectivity index (χ4v) is 1.67. The topological polar surface area (TPSA) is 54.4 Å². The Morgan fingerprint density at radius 2 is 2.43 bits per heavy atom. The number of rotatable bonds is 2. The predicted molar refractivity (Wildman–Crippen MR) is 52.2 cm³/mol. The van der Waals surface area contributed by atoms with Crippen LogP contribution in [0.1, 0.15) is 12.1 Å². The van der Waals surface area contributed by atoms with E-state index in [1.165, 1.54) is 0 Å². The van der Waals surface area contributed by atoms with Gasteiger partial charge in [0.15, 0.2) is 0 Å². The summed E-state index contributed by atoms with van der Waals surface area (Å²) < 4.78 is 5.00. The number of aromatic nitrogens is 1. The highest BCUT2D eigenvalue weighted by Gasteiger charge is 2.34. The molecule has 14 heavy (non-hydrogen) atoms. The zero-order valence-electron chi connectivity index (χ0n) is 8.16. The summed E-state index contributed by atoms with van der Waals surface area (Å²) in [5.41, 5.74) is -0.0879. The van der Waals surface area contributed by atoms with Crippen molar-refractivity contribution in [2.75, 3.05) is 20.2 Å². The number of β-amino-alcohol motifs (C(OH)–C–C–N with tert-alkyl or cyclic N) is 1. The summed E-state index contributed by atoms with van der Waals surface area (Å²) in [6.45, 7) is 1.41. The summed E-state index contributed by atoms with van der Waals surface area (Å²) in [7, 11) is 1.60. The van der Waals surface area contributed by atoms with Crippen LogP contribution in [0.25, 0.3) is 0 Å². The first kappa shape index (κ1) is 9.43. The molecule has 2 N–H and O–H groups in total. The van der Waals surface area contributed by atoms with Crippen molar-refractivity contribution in [3.8, 4) is 5.75 Å². The molecule has 1 aliphatic heterocycles. The third kappa shape index (κ3) is 1.58. The van der Waals surface area contributed by atoms with Gasteiger partial charge in [-0.2, -0.15) is 0 Å². The van der Waals surface area contributed by atoms with Crippen LogP contribution < -0.4 is 10.1 Å². The van der Waals surface area contributed by atoms with Crippen molar-refractivity contribution in [2.24, 2.45) is 0 Å². The highest BCUT2D eigenvalue weighted by atomic mass is 16.5. The summed E-state index contributed by atoms with van der Waals surface area (Å²) in [5.74, 6) is 0.711. The van der Waals surface area contributed by atoms with E-state index in [1.54, 1.807) is 13.3 Å². The molecule has 0 aliphatic carbocycles. The maximum Gasteiger partial charge on any atom is 0.137 e. The van der Waals surface area contributed by atoms with Crippen molar-refractivity contribution in [3.05, 3.63) is 24.0 Å². The van der Waals surface area contributed by atoms with Crippen LogP contribution in [-0.4, -0.2) is 30.3 Å². The molecule has 2 rings (SSSR count). The van der Waals surface area contributed by atoms with E-state index in [-0.39, 0.29) is 0 Å². The summed E-state index contributed by atoms with van der Waals surface area (Å²) in [5, 5.41) is 13.3. The average Bonchev–Trinajstić information content (AvgIpc) is 2.67. The minimum atomic E-state index is -0.799. The maximum absolute atomic E-state index is 10.2. The lowest BCUT2D eigenvalue weighted by Gasteiger charge is -2.20. The zero-order valence-corrected chi connectivity index (χ0v) is 8.16. The van der Waals surface area contributed by atoms with Crippen molar-refractivity contribution in [2.45, 2.75) is 12.0 Å². The van der Waals surface area contributed by atoms with Crippen molar-refractivity contribution < 1.29 is 9.84 Å². The lowest BCUT2D eigenvalue weighted by atomic mass is 9.98. The van der Waals surface area contributed by atoms with Crippen LogP contribution in [0.4, 0.5) is 0 Å². The summed E-state index contributed by atoms with van der Waals surface area (Å²) in [6.07, 6.45) is 2.35.